The second-order valence-electron chi connectivity index (χ2n) is 6.56. The summed E-state index contributed by atoms with van der Waals surface area (Å²) in [6.07, 6.45) is 7.16. The lowest BCUT2D eigenvalue weighted by Crippen LogP contribution is -2.16. The molecule has 0 atom stereocenters. The standard InChI is InChI=1S/C18H23N3/c1-4-12(2)11-14(19)15-7-5-13-6-8-16(18(3)9-10-18)21-17(13)20-15/h6,8,11,19H,4-5,7,9-10H2,1-3H3/b12-11+,19-14?. The Hall–Kier alpha value is -1.77. The summed E-state index contributed by atoms with van der Waals surface area (Å²) in [5.74, 6) is 0.842. The molecule has 3 heteroatoms. The first-order valence-electron chi connectivity index (χ1n) is 7.86. The number of nitrogens with one attached hydrogen (secondary N) is 1. The number of aliphatic imine (C=N–C) groups is 1. The largest absolute Gasteiger partial charge is 0.299 e. The Balaban J connectivity index is 1.91. The molecule has 0 amide bonds. The van der Waals surface area contributed by atoms with Crippen molar-refractivity contribution in [2.24, 2.45) is 4.99 Å². The van der Waals surface area contributed by atoms with E-state index in [0.717, 1.165) is 36.5 Å². The van der Waals surface area contributed by atoms with Gasteiger partial charge in [-0.15, -0.1) is 0 Å². The number of hydrogen-bond acceptors (Lipinski definition) is 3. The second kappa shape index (κ2) is 5.21. The number of nitrogens with zero attached hydrogens (tertiary/aromatic N) is 2. The highest BCUT2D eigenvalue weighted by atomic mass is 14.9. The number of aromatic nitrogens is 1. The van der Waals surface area contributed by atoms with Crippen LogP contribution in [0.4, 0.5) is 5.82 Å². The molecule has 1 aromatic heterocycles. The number of pyridine rings is 1. The zero-order valence-electron chi connectivity index (χ0n) is 13.2. The fraction of sp³-hybridized carbons (Fsp3) is 0.500. The molecular weight excluding hydrogens is 258 g/mol. The van der Waals surface area contributed by atoms with Crippen LogP contribution in [-0.4, -0.2) is 16.4 Å². The van der Waals surface area contributed by atoms with E-state index < -0.39 is 0 Å². The van der Waals surface area contributed by atoms with Crippen molar-refractivity contribution in [3.8, 4) is 0 Å². The molecule has 21 heavy (non-hydrogen) atoms. The third-order valence-corrected chi connectivity index (χ3v) is 4.71. The quantitative estimate of drug-likeness (QED) is 0.810. The van der Waals surface area contributed by atoms with Crippen molar-refractivity contribution in [1.82, 2.24) is 4.98 Å². The van der Waals surface area contributed by atoms with Gasteiger partial charge in [0.2, 0.25) is 0 Å². The number of allylic oxidation sites excluding steroid dienone is 2. The van der Waals surface area contributed by atoms with Crippen LogP contribution in [0.1, 0.15) is 57.7 Å². The van der Waals surface area contributed by atoms with Gasteiger partial charge in [0, 0.05) is 11.1 Å². The predicted molar refractivity (Wildman–Crippen MR) is 88.0 cm³/mol. The van der Waals surface area contributed by atoms with Crippen LogP contribution in [0.25, 0.3) is 0 Å². The molecule has 1 saturated carbocycles. The molecular formula is C18H23N3. The van der Waals surface area contributed by atoms with E-state index in [0.29, 0.717) is 5.71 Å². The molecule has 1 N–H and O–H groups in total. The molecule has 1 aliphatic heterocycles. The van der Waals surface area contributed by atoms with Gasteiger partial charge in [-0.3, -0.25) is 5.41 Å². The van der Waals surface area contributed by atoms with Crippen molar-refractivity contribution in [1.29, 1.82) is 5.41 Å². The van der Waals surface area contributed by atoms with Gasteiger partial charge in [-0.2, -0.15) is 0 Å². The maximum atomic E-state index is 8.21. The van der Waals surface area contributed by atoms with E-state index in [9.17, 15) is 0 Å². The molecule has 0 radical (unpaired) electrons. The van der Waals surface area contributed by atoms with E-state index in [4.69, 9.17) is 10.4 Å². The smallest absolute Gasteiger partial charge is 0.155 e. The Kier molecular flexibility index (Phi) is 3.52. The molecule has 1 aromatic rings. The monoisotopic (exact) mass is 281 g/mol. The van der Waals surface area contributed by atoms with Crippen molar-refractivity contribution in [2.45, 2.75) is 58.3 Å². The summed E-state index contributed by atoms with van der Waals surface area (Å²) in [4.78, 5) is 9.45. The first-order chi connectivity index (χ1) is 10.0. The third-order valence-electron chi connectivity index (χ3n) is 4.71. The van der Waals surface area contributed by atoms with Crippen molar-refractivity contribution >= 4 is 17.2 Å². The Morgan fingerprint density at radius 1 is 1.33 bits per heavy atom. The molecule has 110 valence electrons. The molecule has 2 aliphatic rings. The van der Waals surface area contributed by atoms with Gasteiger partial charge in [-0.1, -0.05) is 25.5 Å². The maximum Gasteiger partial charge on any atom is 0.155 e. The molecule has 0 bridgehead atoms. The lowest BCUT2D eigenvalue weighted by Gasteiger charge is -2.17. The van der Waals surface area contributed by atoms with E-state index in [-0.39, 0.29) is 5.41 Å². The Labute approximate surface area is 126 Å². The van der Waals surface area contributed by atoms with E-state index in [2.05, 4.69) is 37.9 Å². The normalized spacial score (nSPS) is 19.8. The molecule has 1 aliphatic carbocycles. The van der Waals surface area contributed by atoms with E-state index in [1.54, 1.807) is 0 Å². The van der Waals surface area contributed by atoms with Crippen LogP contribution in [0.3, 0.4) is 0 Å². The highest BCUT2D eigenvalue weighted by molar-refractivity contribution is 6.46. The van der Waals surface area contributed by atoms with Gasteiger partial charge in [0.05, 0.1) is 11.4 Å². The zero-order valence-corrected chi connectivity index (χ0v) is 13.2. The first-order valence-corrected chi connectivity index (χ1v) is 7.86. The van der Waals surface area contributed by atoms with Crippen molar-refractivity contribution in [2.75, 3.05) is 0 Å². The van der Waals surface area contributed by atoms with Gasteiger partial charge >= 0.3 is 0 Å². The van der Waals surface area contributed by atoms with Gasteiger partial charge in [0.25, 0.3) is 0 Å². The van der Waals surface area contributed by atoms with Gasteiger partial charge < -0.3 is 0 Å². The number of fused-ring (bicyclic) bond motifs is 1. The Morgan fingerprint density at radius 3 is 2.76 bits per heavy atom. The summed E-state index contributed by atoms with van der Waals surface area (Å²) in [6.45, 7) is 6.45. The van der Waals surface area contributed by atoms with E-state index in [1.807, 2.05) is 6.08 Å². The first kappa shape index (κ1) is 14.2. The molecule has 0 saturated heterocycles. The minimum atomic E-state index is 0.272. The van der Waals surface area contributed by atoms with Gasteiger partial charge in [0.1, 0.15) is 0 Å². The Morgan fingerprint density at radius 2 is 2.10 bits per heavy atom. The minimum absolute atomic E-state index is 0.272. The third kappa shape index (κ3) is 2.82. The summed E-state index contributed by atoms with van der Waals surface area (Å²) in [5.41, 5.74) is 5.30. The topological polar surface area (TPSA) is 49.1 Å². The lowest BCUT2D eigenvalue weighted by molar-refractivity contribution is 0.746. The summed E-state index contributed by atoms with van der Waals surface area (Å²) in [7, 11) is 0. The van der Waals surface area contributed by atoms with Crippen LogP contribution in [-0.2, 0) is 11.8 Å². The number of rotatable bonds is 4. The molecule has 0 unspecified atom stereocenters. The fourth-order valence-electron chi connectivity index (χ4n) is 2.61. The highest BCUT2D eigenvalue weighted by Gasteiger charge is 2.40. The minimum Gasteiger partial charge on any atom is -0.299 e. The van der Waals surface area contributed by atoms with E-state index >= 15 is 0 Å². The molecule has 1 fully saturated rings. The molecule has 3 nitrogen and oxygen atoms in total. The van der Waals surface area contributed by atoms with Crippen LogP contribution in [0, 0.1) is 5.41 Å². The summed E-state index contributed by atoms with van der Waals surface area (Å²) in [6, 6.07) is 4.34. The predicted octanol–water partition coefficient (Wildman–Crippen LogP) is 4.53. The molecule has 3 rings (SSSR count). The molecule has 0 spiro atoms. The lowest BCUT2D eigenvalue weighted by atomic mass is 9.98. The van der Waals surface area contributed by atoms with Crippen LogP contribution in [0.15, 0.2) is 28.8 Å². The summed E-state index contributed by atoms with van der Waals surface area (Å²) >= 11 is 0. The molecule has 2 heterocycles. The van der Waals surface area contributed by atoms with Crippen molar-refractivity contribution in [3.05, 3.63) is 35.0 Å². The van der Waals surface area contributed by atoms with Gasteiger partial charge in [0.15, 0.2) is 5.82 Å². The Bertz CT molecular complexity index is 648. The van der Waals surface area contributed by atoms with Gasteiger partial charge in [-0.25, -0.2) is 9.98 Å². The number of hydrogen-bond donors (Lipinski definition) is 1. The van der Waals surface area contributed by atoms with E-state index in [1.165, 1.54) is 24.0 Å². The van der Waals surface area contributed by atoms with Gasteiger partial charge in [-0.05, 0) is 56.7 Å². The zero-order chi connectivity index (χ0) is 15.0. The van der Waals surface area contributed by atoms with Crippen LogP contribution in [0.2, 0.25) is 0 Å². The SMILES string of the molecule is CC/C(C)=C/C(=N)C1=Nc2nc(C3(C)CC3)ccc2CC1. The average molecular weight is 281 g/mol. The van der Waals surface area contributed by atoms with Crippen LogP contribution >= 0.6 is 0 Å². The summed E-state index contributed by atoms with van der Waals surface area (Å²) < 4.78 is 0. The molecule has 0 aromatic carbocycles. The highest BCUT2D eigenvalue weighted by Crippen LogP contribution is 2.47. The van der Waals surface area contributed by atoms with Crippen molar-refractivity contribution in [3.63, 3.8) is 0 Å². The summed E-state index contributed by atoms with van der Waals surface area (Å²) in [5, 5.41) is 8.21. The second-order valence-corrected chi connectivity index (χ2v) is 6.56. The maximum absolute atomic E-state index is 8.21. The average Bonchev–Trinajstić information content (AvgIpc) is 3.25. The van der Waals surface area contributed by atoms with Crippen LogP contribution < -0.4 is 0 Å². The van der Waals surface area contributed by atoms with Crippen molar-refractivity contribution < 1.29 is 0 Å². The fourth-order valence-corrected chi connectivity index (χ4v) is 2.61. The number of aryl methyl sites for hydroxylation is 1. The van der Waals surface area contributed by atoms with Crippen LogP contribution in [0.5, 0.6) is 0 Å².